The van der Waals surface area contributed by atoms with Crippen molar-refractivity contribution in [3.63, 3.8) is 0 Å². The first-order valence-corrected chi connectivity index (χ1v) is 11.1. The molecule has 1 aromatic carbocycles. The number of aromatic amines is 1. The molecule has 3 aromatic rings. The quantitative estimate of drug-likeness (QED) is 0.567. The molecule has 1 aliphatic carbocycles. The summed E-state index contributed by atoms with van der Waals surface area (Å²) in [7, 11) is -3.69. The van der Waals surface area contributed by atoms with Crippen molar-refractivity contribution in [3.05, 3.63) is 48.3 Å². The summed E-state index contributed by atoms with van der Waals surface area (Å²) in [5, 5.41) is 10.5. The maximum atomic E-state index is 12.6. The maximum absolute atomic E-state index is 12.6. The van der Waals surface area contributed by atoms with Crippen LogP contribution in [-0.2, 0) is 10.0 Å². The number of rotatable bonds is 7. The normalized spacial score (nSPS) is 16.0. The first-order valence-electron chi connectivity index (χ1n) is 9.60. The van der Waals surface area contributed by atoms with E-state index in [1.807, 2.05) is 32.0 Å². The molecule has 2 heterocycles. The minimum atomic E-state index is -3.69. The Morgan fingerprint density at radius 3 is 2.54 bits per heavy atom. The van der Waals surface area contributed by atoms with Crippen LogP contribution in [0.4, 0.5) is 0 Å². The highest BCUT2D eigenvalue weighted by Gasteiger charge is 2.26. The zero-order valence-corrected chi connectivity index (χ0v) is 16.8. The number of benzene rings is 1. The van der Waals surface area contributed by atoms with Gasteiger partial charge in [-0.15, -0.1) is 0 Å². The summed E-state index contributed by atoms with van der Waals surface area (Å²) in [6, 6.07) is 10.4. The summed E-state index contributed by atoms with van der Waals surface area (Å²) < 4.78 is 27.8. The number of nitrogens with zero attached hydrogens (tertiary/aromatic N) is 1. The number of nitrogens with one attached hydrogen (secondary N) is 2. The van der Waals surface area contributed by atoms with Crippen LogP contribution in [0.2, 0.25) is 0 Å². The molecule has 28 heavy (non-hydrogen) atoms. The molecule has 1 saturated carbocycles. The minimum absolute atomic E-state index is 0.00148. The van der Waals surface area contributed by atoms with Crippen LogP contribution in [-0.4, -0.2) is 36.1 Å². The van der Waals surface area contributed by atoms with Crippen molar-refractivity contribution in [1.82, 2.24) is 14.7 Å². The number of H-pyrrole nitrogens is 1. The van der Waals surface area contributed by atoms with E-state index in [4.69, 9.17) is 0 Å². The fourth-order valence-electron chi connectivity index (χ4n) is 3.38. The number of hydrogen-bond donors (Lipinski definition) is 3. The number of fused-ring (bicyclic) bond motifs is 1. The highest BCUT2D eigenvalue weighted by atomic mass is 32.2. The summed E-state index contributed by atoms with van der Waals surface area (Å²) in [5.41, 5.74) is 4.05. The van der Waals surface area contributed by atoms with Gasteiger partial charge in [0.1, 0.15) is 5.65 Å². The zero-order chi connectivity index (χ0) is 19.9. The van der Waals surface area contributed by atoms with Gasteiger partial charge in [-0.1, -0.05) is 26.0 Å². The van der Waals surface area contributed by atoms with Crippen LogP contribution in [0, 0.1) is 5.92 Å². The van der Waals surface area contributed by atoms with Crippen molar-refractivity contribution in [3.8, 4) is 11.1 Å². The zero-order valence-electron chi connectivity index (χ0n) is 16.0. The van der Waals surface area contributed by atoms with Crippen molar-refractivity contribution in [2.24, 2.45) is 5.92 Å². The number of aliphatic hydroxyl groups excluding tert-OH is 1. The fraction of sp³-hybridized carbons (Fsp3) is 0.381. The van der Waals surface area contributed by atoms with Crippen molar-refractivity contribution >= 4 is 21.1 Å². The maximum Gasteiger partial charge on any atom is 0.240 e. The second kappa shape index (κ2) is 7.31. The van der Waals surface area contributed by atoms with E-state index < -0.39 is 16.1 Å². The average molecular weight is 400 g/mol. The van der Waals surface area contributed by atoms with Crippen molar-refractivity contribution in [2.45, 2.75) is 43.5 Å². The van der Waals surface area contributed by atoms with E-state index in [2.05, 4.69) is 20.8 Å². The molecule has 0 amide bonds. The van der Waals surface area contributed by atoms with Gasteiger partial charge in [0, 0.05) is 23.3 Å². The van der Waals surface area contributed by atoms with Crippen molar-refractivity contribution < 1.29 is 13.5 Å². The van der Waals surface area contributed by atoms with Crippen LogP contribution in [0.3, 0.4) is 0 Å². The van der Waals surface area contributed by atoms with Gasteiger partial charge in [0.25, 0.3) is 0 Å². The number of aromatic nitrogens is 2. The predicted molar refractivity (Wildman–Crippen MR) is 110 cm³/mol. The Kier molecular flexibility index (Phi) is 4.99. The van der Waals surface area contributed by atoms with Gasteiger partial charge >= 0.3 is 0 Å². The molecule has 3 N–H and O–H groups in total. The lowest BCUT2D eigenvalue weighted by molar-refractivity contribution is 0.227. The van der Waals surface area contributed by atoms with Crippen molar-refractivity contribution in [1.29, 1.82) is 0 Å². The molecule has 0 spiro atoms. The van der Waals surface area contributed by atoms with E-state index in [1.54, 1.807) is 18.3 Å². The topological polar surface area (TPSA) is 95.1 Å². The van der Waals surface area contributed by atoms with E-state index in [0.717, 1.165) is 22.2 Å². The molecule has 0 unspecified atom stereocenters. The third kappa shape index (κ3) is 3.70. The van der Waals surface area contributed by atoms with Gasteiger partial charge < -0.3 is 10.1 Å². The van der Waals surface area contributed by atoms with Gasteiger partial charge in [0.2, 0.25) is 10.0 Å². The van der Waals surface area contributed by atoms with Gasteiger partial charge in [0.05, 0.1) is 11.5 Å². The molecule has 148 valence electrons. The number of hydrogen-bond acceptors (Lipinski definition) is 4. The summed E-state index contributed by atoms with van der Waals surface area (Å²) >= 11 is 0. The SMILES string of the molecule is CC(C)[C@H](CO)NS(=O)(=O)c1ccc(-c2ccnc3[nH]c(C4CC4)cc23)cc1. The smallest absolute Gasteiger partial charge is 0.240 e. The van der Waals surface area contributed by atoms with E-state index in [0.29, 0.717) is 5.92 Å². The molecule has 0 aliphatic heterocycles. The van der Waals surface area contributed by atoms with Crippen LogP contribution in [0.15, 0.2) is 47.5 Å². The van der Waals surface area contributed by atoms with Gasteiger partial charge in [-0.25, -0.2) is 18.1 Å². The summed E-state index contributed by atoms with van der Waals surface area (Å²) in [6.07, 6.45) is 4.20. The standard InChI is InChI=1S/C21H25N3O3S/c1-13(2)20(12-25)24-28(26,27)16-7-5-14(6-8-16)17-9-10-22-21-18(17)11-19(23-21)15-3-4-15/h5-11,13,15,20,24-25H,3-4,12H2,1-2H3,(H,22,23)/t20-/m0/s1. The van der Waals surface area contributed by atoms with Gasteiger partial charge in [-0.2, -0.15) is 0 Å². The Morgan fingerprint density at radius 2 is 1.93 bits per heavy atom. The first kappa shape index (κ1) is 19.1. The molecule has 1 fully saturated rings. The lowest BCUT2D eigenvalue weighted by Crippen LogP contribution is -2.41. The molecular weight excluding hydrogens is 374 g/mol. The van der Waals surface area contributed by atoms with Gasteiger partial charge in [0.15, 0.2) is 0 Å². The van der Waals surface area contributed by atoms with Gasteiger partial charge in [-0.3, -0.25) is 0 Å². The molecule has 6 nitrogen and oxygen atoms in total. The molecule has 4 rings (SSSR count). The van der Waals surface area contributed by atoms with E-state index >= 15 is 0 Å². The second-order valence-corrected chi connectivity index (χ2v) is 9.51. The molecule has 0 bridgehead atoms. The average Bonchev–Trinajstić information content (AvgIpc) is 3.44. The summed E-state index contributed by atoms with van der Waals surface area (Å²) in [4.78, 5) is 8.02. The molecule has 2 aromatic heterocycles. The van der Waals surface area contributed by atoms with Crippen LogP contribution in [0.1, 0.15) is 38.3 Å². The molecule has 7 heteroatoms. The van der Waals surface area contributed by atoms with Crippen LogP contribution in [0.5, 0.6) is 0 Å². The third-order valence-corrected chi connectivity index (χ3v) is 6.86. The summed E-state index contributed by atoms with van der Waals surface area (Å²) in [6.45, 7) is 3.50. The fourth-order valence-corrected chi connectivity index (χ4v) is 4.75. The predicted octanol–water partition coefficient (Wildman–Crippen LogP) is 3.40. The Morgan fingerprint density at radius 1 is 1.21 bits per heavy atom. The van der Waals surface area contributed by atoms with E-state index in [9.17, 15) is 13.5 Å². The lowest BCUT2D eigenvalue weighted by atomic mass is 10.0. The first-order chi connectivity index (χ1) is 13.4. The Balaban J connectivity index is 1.64. The highest BCUT2D eigenvalue weighted by Crippen LogP contribution is 2.41. The lowest BCUT2D eigenvalue weighted by Gasteiger charge is -2.19. The van der Waals surface area contributed by atoms with Crippen LogP contribution >= 0.6 is 0 Å². The minimum Gasteiger partial charge on any atom is -0.395 e. The Bertz CT molecular complexity index is 1080. The second-order valence-electron chi connectivity index (χ2n) is 7.80. The van der Waals surface area contributed by atoms with E-state index in [-0.39, 0.29) is 17.4 Å². The molecule has 0 saturated heterocycles. The molecular formula is C21H25N3O3S. The summed E-state index contributed by atoms with van der Waals surface area (Å²) in [5.74, 6) is 0.611. The number of sulfonamides is 1. The number of pyridine rings is 1. The molecule has 0 radical (unpaired) electrons. The Labute approximate surface area is 165 Å². The van der Waals surface area contributed by atoms with E-state index in [1.165, 1.54) is 18.5 Å². The van der Waals surface area contributed by atoms with Crippen molar-refractivity contribution in [2.75, 3.05) is 6.61 Å². The Hall–Kier alpha value is -2.22. The van der Waals surface area contributed by atoms with Crippen LogP contribution < -0.4 is 4.72 Å². The van der Waals surface area contributed by atoms with Gasteiger partial charge in [-0.05, 0) is 60.1 Å². The largest absolute Gasteiger partial charge is 0.395 e. The highest BCUT2D eigenvalue weighted by molar-refractivity contribution is 7.89. The molecule has 1 atom stereocenters. The molecule has 1 aliphatic rings. The number of aliphatic hydroxyl groups is 1. The third-order valence-electron chi connectivity index (χ3n) is 5.35. The van der Waals surface area contributed by atoms with Crippen LogP contribution in [0.25, 0.3) is 22.2 Å². The monoisotopic (exact) mass is 399 g/mol.